The minimum Gasteiger partial charge on any atom is -0.355 e. The van der Waals surface area contributed by atoms with Gasteiger partial charge in [-0.15, -0.1) is 0 Å². The zero-order valence-electron chi connectivity index (χ0n) is 16.0. The Kier molecular flexibility index (Phi) is 5.33. The van der Waals surface area contributed by atoms with Crippen molar-refractivity contribution < 1.29 is 14.1 Å². The SMILES string of the molecule is C[C@H](C(=O)Nc1cccc(NC(=O)c2cc(-c3cccnc3)on2)c1)n1cccn1. The predicted molar refractivity (Wildman–Crippen MR) is 110 cm³/mol. The molecule has 0 radical (unpaired) electrons. The van der Waals surface area contributed by atoms with Crippen LogP contribution in [-0.4, -0.2) is 31.7 Å². The van der Waals surface area contributed by atoms with E-state index in [1.807, 2.05) is 6.07 Å². The van der Waals surface area contributed by atoms with Gasteiger partial charge in [0, 0.05) is 47.8 Å². The highest BCUT2D eigenvalue weighted by Crippen LogP contribution is 2.21. The van der Waals surface area contributed by atoms with Crippen molar-refractivity contribution in [3.05, 3.63) is 79.0 Å². The topological polar surface area (TPSA) is 115 Å². The van der Waals surface area contributed by atoms with Crippen molar-refractivity contribution in [2.24, 2.45) is 0 Å². The Morgan fingerprint density at radius 2 is 1.87 bits per heavy atom. The van der Waals surface area contributed by atoms with Crippen molar-refractivity contribution in [2.75, 3.05) is 10.6 Å². The predicted octanol–water partition coefficient (Wildman–Crippen LogP) is 3.39. The molecule has 0 bridgehead atoms. The second-order valence-corrected chi connectivity index (χ2v) is 6.50. The fourth-order valence-corrected chi connectivity index (χ4v) is 2.77. The first-order chi connectivity index (χ1) is 14.6. The van der Waals surface area contributed by atoms with Gasteiger partial charge in [0.05, 0.1) is 0 Å². The molecule has 9 nitrogen and oxygen atoms in total. The highest BCUT2D eigenvalue weighted by molar-refractivity contribution is 6.03. The number of hydrogen-bond acceptors (Lipinski definition) is 6. The van der Waals surface area contributed by atoms with Crippen LogP contribution in [0.2, 0.25) is 0 Å². The van der Waals surface area contributed by atoms with Gasteiger partial charge in [-0.25, -0.2) is 0 Å². The molecule has 1 aromatic carbocycles. The molecule has 0 aliphatic rings. The van der Waals surface area contributed by atoms with Crippen LogP contribution in [0.4, 0.5) is 11.4 Å². The van der Waals surface area contributed by atoms with Crippen LogP contribution in [0.3, 0.4) is 0 Å². The maximum Gasteiger partial charge on any atom is 0.277 e. The van der Waals surface area contributed by atoms with Crippen LogP contribution in [0.15, 0.2) is 77.8 Å². The number of amides is 2. The average Bonchev–Trinajstić information content (AvgIpc) is 3.46. The molecule has 3 heterocycles. The Morgan fingerprint density at radius 3 is 2.60 bits per heavy atom. The van der Waals surface area contributed by atoms with Crippen LogP contribution in [0, 0.1) is 0 Å². The molecule has 4 rings (SSSR count). The number of aromatic nitrogens is 4. The number of carbonyl (C=O) groups is 2. The van der Waals surface area contributed by atoms with Gasteiger partial charge in [0.1, 0.15) is 6.04 Å². The fraction of sp³-hybridized carbons (Fsp3) is 0.0952. The maximum atomic E-state index is 12.5. The number of nitrogens with one attached hydrogen (secondary N) is 2. The molecule has 3 aromatic heterocycles. The molecule has 0 unspecified atom stereocenters. The van der Waals surface area contributed by atoms with Gasteiger partial charge in [-0.05, 0) is 43.3 Å². The van der Waals surface area contributed by atoms with Crippen LogP contribution in [0.5, 0.6) is 0 Å². The van der Waals surface area contributed by atoms with E-state index in [4.69, 9.17) is 4.52 Å². The number of carbonyl (C=O) groups excluding carboxylic acids is 2. The van der Waals surface area contributed by atoms with Crippen molar-refractivity contribution in [1.82, 2.24) is 19.9 Å². The van der Waals surface area contributed by atoms with Crippen LogP contribution in [-0.2, 0) is 4.79 Å². The Morgan fingerprint density at radius 1 is 1.03 bits per heavy atom. The monoisotopic (exact) mass is 402 g/mol. The summed E-state index contributed by atoms with van der Waals surface area (Å²) in [6, 6.07) is 13.2. The first-order valence-corrected chi connectivity index (χ1v) is 9.18. The van der Waals surface area contributed by atoms with Gasteiger partial charge >= 0.3 is 0 Å². The van der Waals surface area contributed by atoms with Gasteiger partial charge in [0.15, 0.2) is 11.5 Å². The number of nitrogens with zero attached hydrogens (tertiary/aromatic N) is 4. The summed E-state index contributed by atoms with van der Waals surface area (Å²) in [7, 11) is 0. The average molecular weight is 402 g/mol. The van der Waals surface area contributed by atoms with Crippen LogP contribution >= 0.6 is 0 Å². The van der Waals surface area contributed by atoms with E-state index < -0.39 is 11.9 Å². The summed E-state index contributed by atoms with van der Waals surface area (Å²) in [5.74, 6) is -0.205. The van der Waals surface area contributed by atoms with E-state index in [2.05, 4.69) is 25.9 Å². The normalized spacial score (nSPS) is 11.6. The maximum absolute atomic E-state index is 12.5. The zero-order valence-corrected chi connectivity index (χ0v) is 16.0. The molecule has 0 saturated heterocycles. The summed E-state index contributed by atoms with van der Waals surface area (Å²) in [4.78, 5) is 28.9. The summed E-state index contributed by atoms with van der Waals surface area (Å²) >= 11 is 0. The number of anilines is 2. The molecule has 0 saturated carbocycles. The summed E-state index contributed by atoms with van der Waals surface area (Å²) in [5, 5.41) is 13.5. The van der Waals surface area contributed by atoms with Gasteiger partial charge < -0.3 is 15.2 Å². The van der Waals surface area contributed by atoms with Gasteiger partial charge in [-0.3, -0.25) is 19.3 Å². The van der Waals surface area contributed by atoms with Gasteiger partial charge in [-0.2, -0.15) is 5.10 Å². The Hall–Kier alpha value is -4.27. The zero-order chi connectivity index (χ0) is 20.9. The van der Waals surface area contributed by atoms with Gasteiger partial charge in [0.2, 0.25) is 5.91 Å². The fourth-order valence-electron chi connectivity index (χ4n) is 2.77. The Bertz CT molecular complexity index is 1150. The standard InChI is InChI=1S/C21H18N6O3/c1-14(27-10-4-9-23-27)20(28)24-16-6-2-7-17(11-16)25-21(29)18-12-19(30-26-18)15-5-3-8-22-13-15/h2-14H,1H3,(H,24,28)(H,25,29)/t14-/m1/s1. The highest BCUT2D eigenvalue weighted by Gasteiger charge is 2.16. The van der Waals surface area contributed by atoms with E-state index >= 15 is 0 Å². The molecule has 150 valence electrons. The lowest BCUT2D eigenvalue weighted by molar-refractivity contribution is -0.119. The molecular formula is C21H18N6O3. The lowest BCUT2D eigenvalue weighted by Gasteiger charge is -2.13. The largest absolute Gasteiger partial charge is 0.355 e. The third-order valence-electron chi connectivity index (χ3n) is 4.38. The van der Waals surface area contributed by atoms with E-state index in [1.165, 1.54) is 0 Å². The van der Waals surface area contributed by atoms with Gasteiger partial charge in [0.25, 0.3) is 5.91 Å². The molecule has 1 atom stereocenters. The molecule has 0 aliphatic heterocycles. The number of rotatable bonds is 6. The lowest BCUT2D eigenvalue weighted by Crippen LogP contribution is -2.24. The summed E-state index contributed by atoms with van der Waals surface area (Å²) in [6.45, 7) is 1.75. The molecule has 2 N–H and O–H groups in total. The summed E-state index contributed by atoms with van der Waals surface area (Å²) < 4.78 is 6.79. The van der Waals surface area contributed by atoms with Crippen molar-refractivity contribution in [3.63, 3.8) is 0 Å². The Balaban J connectivity index is 1.42. The quantitative estimate of drug-likeness (QED) is 0.511. The minimum atomic E-state index is -0.473. The first kappa shape index (κ1) is 19.1. The molecular weight excluding hydrogens is 384 g/mol. The van der Waals surface area contributed by atoms with Crippen molar-refractivity contribution >= 4 is 23.2 Å². The van der Waals surface area contributed by atoms with Gasteiger partial charge in [-0.1, -0.05) is 11.2 Å². The van der Waals surface area contributed by atoms with E-state index in [-0.39, 0.29) is 11.6 Å². The number of benzene rings is 1. The van der Waals surface area contributed by atoms with E-state index in [9.17, 15) is 9.59 Å². The van der Waals surface area contributed by atoms with Crippen LogP contribution in [0.1, 0.15) is 23.5 Å². The second-order valence-electron chi connectivity index (χ2n) is 6.50. The smallest absolute Gasteiger partial charge is 0.277 e. The molecule has 4 aromatic rings. The van der Waals surface area contributed by atoms with Crippen LogP contribution in [0.25, 0.3) is 11.3 Å². The molecule has 0 spiro atoms. The molecule has 2 amide bonds. The minimum absolute atomic E-state index is 0.135. The molecule has 9 heteroatoms. The third kappa shape index (κ3) is 4.25. The number of hydrogen-bond donors (Lipinski definition) is 2. The molecule has 0 fully saturated rings. The first-order valence-electron chi connectivity index (χ1n) is 9.18. The van der Waals surface area contributed by atoms with E-state index in [0.29, 0.717) is 17.1 Å². The summed E-state index contributed by atoms with van der Waals surface area (Å²) in [6.07, 6.45) is 6.61. The van der Waals surface area contributed by atoms with E-state index in [1.54, 1.807) is 78.9 Å². The second kappa shape index (κ2) is 8.39. The number of pyridine rings is 1. The highest BCUT2D eigenvalue weighted by atomic mass is 16.5. The molecule has 0 aliphatic carbocycles. The summed E-state index contributed by atoms with van der Waals surface area (Å²) in [5.41, 5.74) is 1.92. The Labute approximate surface area is 171 Å². The third-order valence-corrected chi connectivity index (χ3v) is 4.38. The molecule has 30 heavy (non-hydrogen) atoms. The van der Waals surface area contributed by atoms with Crippen molar-refractivity contribution in [2.45, 2.75) is 13.0 Å². The lowest BCUT2D eigenvalue weighted by atomic mass is 10.2. The van der Waals surface area contributed by atoms with Crippen LogP contribution < -0.4 is 10.6 Å². The van der Waals surface area contributed by atoms with Crippen molar-refractivity contribution in [1.29, 1.82) is 0 Å². The van der Waals surface area contributed by atoms with E-state index in [0.717, 1.165) is 5.56 Å². The van der Waals surface area contributed by atoms with Crippen molar-refractivity contribution in [3.8, 4) is 11.3 Å².